The fraction of sp³-hybridized carbons (Fsp3) is 0.533. The fourth-order valence-corrected chi connectivity index (χ4v) is 2.66. The van der Waals surface area contributed by atoms with Crippen molar-refractivity contribution in [3.05, 3.63) is 35.4 Å². The van der Waals surface area contributed by atoms with Crippen LogP contribution in [0.5, 0.6) is 0 Å². The Hall–Kier alpha value is -1.55. The van der Waals surface area contributed by atoms with Gasteiger partial charge in [-0.3, -0.25) is 0 Å². The smallest absolute Gasteiger partial charge is 0.170 e. The van der Waals surface area contributed by atoms with Crippen LogP contribution in [0.2, 0.25) is 0 Å². The number of rotatable bonds is 5. The van der Waals surface area contributed by atoms with Crippen molar-refractivity contribution in [2.24, 2.45) is 16.8 Å². The lowest BCUT2D eigenvalue weighted by Crippen LogP contribution is -2.24. The Morgan fingerprint density at radius 2 is 1.89 bits per heavy atom. The first-order valence-electron chi connectivity index (χ1n) is 7.07. The number of amidine groups is 1. The highest BCUT2D eigenvalue weighted by atomic mass is 16.4. The van der Waals surface area contributed by atoms with E-state index in [1.54, 1.807) is 0 Å². The third-order valence-electron chi connectivity index (χ3n) is 3.84. The molecule has 1 aromatic carbocycles. The van der Waals surface area contributed by atoms with E-state index in [9.17, 15) is 0 Å². The molecule has 0 unspecified atom stereocenters. The summed E-state index contributed by atoms with van der Waals surface area (Å²) in [5.74, 6) is 1.01. The van der Waals surface area contributed by atoms with Gasteiger partial charge in [0, 0.05) is 12.1 Å². The normalized spacial score (nSPS) is 17.6. The van der Waals surface area contributed by atoms with Crippen molar-refractivity contribution < 1.29 is 5.21 Å². The molecule has 0 saturated heterocycles. The Balaban J connectivity index is 1.76. The van der Waals surface area contributed by atoms with Crippen molar-refractivity contribution in [3.8, 4) is 0 Å². The summed E-state index contributed by atoms with van der Waals surface area (Å²) in [6.07, 6.45) is 6.93. The molecule has 0 aliphatic heterocycles. The zero-order valence-electron chi connectivity index (χ0n) is 11.3. The summed E-state index contributed by atoms with van der Waals surface area (Å²) in [7, 11) is 0. The molecular formula is C15H23N3O. The van der Waals surface area contributed by atoms with E-state index in [0.29, 0.717) is 0 Å². The van der Waals surface area contributed by atoms with E-state index < -0.39 is 0 Å². The molecular weight excluding hydrogens is 238 g/mol. The van der Waals surface area contributed by atoms with Gasteiger partial charge in [0.2, 0.25) is 0 Å². The Morgan fingerprint density at radius 1 is 1.21 bits per heavy atom. The molecule has 1 aliphatic carbocycles. The Morgan fingerprint density at radius 3 is 2.53 bits per heavy atom. The van der Waals surface area contributed by atoms with E-state index in [-0.39, 0.29) is 5.84 Å². The number of nitrogens with zero attached hydrogens (tertiary/aromatic N) is 1. The van der Waals surface area contributed by atoms with Gasteiger partial charge in [-0.1, -0.05) is 48.7 Å². The molecule has 0 bridgehead atoms. The average molecular weight is 261 g/mol. The van der Waals surface area contributed by atoms with Crippen LogP contribution in [0.3, 0.4) is 0 Å². The van der Waals surface area contributed by atoms with Crippen LogP contribution in [0, 0.1) is 5.92 Å². The molecule has 4 heteroatoms. The van der Waals surface area contributed by atoms with Crippen molar-refractivity contribution in [1.82, 2.24) is 5.32 Å². The minimum atomic E-state index is 0.154. The molecule has 4 N–H and O–H groups in total. The van der Waals surface area contributed by atoms with Gasteiger partial charge in [0.1, 0.15) is 0 Å². The maximum Gasteiger partial charge on any atom is 0.170 e. The second-order valence-corrected chi connectivity index (χ2v) is 5.32. The molecule has 1 saturated carbocycles. The monoisotopic (exact) mass is 261 g/mol. The van der Waals surface area contributed by atoms with Gasteiger partial charge in [-0.15, -0.1) is 0 Å². The topological polar surface area (TPSA) is 70.6 Å². The van der Waals surface area contributed by atoms with Crippen molar-refractivity contribution >= 4 is 5.84 Å². The molecule has 0 heterocycles. The fourth-order valence-electron chi connectivity index (χ4n) is 2.66. The van der Waals surface area contributed by atoms with E-state index >= 15 is 0 Å². The molecule has 0 aromatic heterocycles. The average Bonchev–Trinajstić information content (AvgIpc) is 2.48. The van der Waals surface area contributed by atoms with Gasteiger partial charge >= 0.3 is 0 Å². The number of hydrogen-bond donors (Lipinski definition) is 3. The van der Waals surface area contributed by atoms with Crippen LogP contribution < -0.4 is 11.1 Å². The first kappa shape index (κ1) is 13.9. The Labute approximate surface area is 114 Å². The summed E-state index contributed by atoms with van der Waals surface area (Å²) in [4.78, 5) is 0. The highest BCUT2D eigenvalue weighted by Gasteiger charge is 2.12. The third kappa shape index (κ3) is 4.24. The standard InChI is InChI=1S/C15H23N3O/c16-15(18-19)14-8-6-13(7-9-14)11-17-10-12-4-2-1-3-5-12/h6-9,12,17,19H,1-5,10-11H2,(H2,16,18). The van der Waals surface area contributed by atoms with Gasteiger partial charge in [0.25, 0.3) is 0 Å². The van der Waals surface area contributed by atoms with Crippen molar-refractivity contribution in [2.45, 2.75) is 38.6 Å². The number of hydrogen-bond acceptors (Lipinski definition) is 3. The molecule has 0 amide bonds. The summed E-state index contributed by atoms with van der Waals surface area (Å²) in [5, 5.41) is 15.1. The van der Waals surface area contributed by atoms with E-state index in [4.69, 9.17) is 10.9 Å². The zero-order chi connectivity index (χ0) is 13.5. The van der Waals surface area contributed by atoms with Gasteiger partial charge in [-0.05, 0) is 30.9 Å². The van der Waals surface area contributed by atoms with Crippen LogP contribution in [0.4, 0.5) is 0 Å². The molecule has 1 fully saturated rings. The lowest BCUT2D eigenvalue weighted by molar-refractivity contribution is 0.318. The maximum absolute atomic E-state index is 8.59. The molecule has 0 atom stereocenters. The van der Waals surface area contributed by atoms with Gasteiger partial charge in [-0.2, -0.15) is 0 Å². The molecule has 19 heavy (non-hydrogen) atoms. The van der Waals surface area contributed by atoms with Crippen molar-refractivity contribution in [1.29, 1.82) is 0 Å². The summed E-state index contributed by atoms with van der Waals surface area (Å²) < 4.78 is 0. The second-order valence-electron chi connectivity index (χ2n) is 5.32. The maximum atomic E-state index is 8.59. The lowest BCUT2D eigenvalue weighted by Gasteiger charge is -2.21. The van der Waals surface area contributed by atoms with E-state index in [0.717, 1.165) is 24.6 Å². The van der Waals surface area contributed by atoms with Gasteiger partial charge in [-0.25, -0.2) is 0 Å². The summed E-state index contributed by atoms with van der Waals surface area (Å²) in [5.41, 5.74) is 7.50. The summed E-state index contributed by atoms with van der Waals surface area (Å²) in [6.45, 7) is 1.99. The first-order valence-corrected chi connectivity index (χ1v) is 7.07. The highest BCUT2D eigenvalue weighted by molar-refractivity contribution is 5.96. The quantitative estimate of drug-likeness (QED) is 0.330. The van der Waals surface area contributed by atoms with Crippen LogP contribution in [0.15, 0.2) is 29.4 Å². The minimum Gasteiger partial charge on any atom is -0.409 e. The van der Waals surface area contributed by atoms with Crippen LogP contribution >= 0.6 is 0 Å². The first-order chi connectivity index (χ1) is 9.29. The third-order valence-corrected chi connectivity index (χ3v) is 3.84. The lowest BCUT2D eigenvalue weighted by atomic mass is 9.89. The Kier molecular flexibility index (Phi) is 5.21. The Bertz CT molecular complexity index is 408. The molecule has 1 aromatic rings. The van der Waals surface area contributed by atoms with Crippen LogP contribution in [-0.4, -0.2) is 17.6 Å². The zero-order valence-corrected chi connectivity index (χ0v) is 11.3. The highest BCUT2D eigenvalue weighted by Crippen LogP contribution is 2.22. The van der Waals surface area contributed by atoms with E-state index in [1.165, 1.54) is 37.7 Å². The van der Waals surface area contributed by atoms with Crippen molar-refractivity contribution in [2.75, 3.05) is 6.54 Å². The van der Waals surface area contributed by atoms with E-state index in [1.807, 2.05) is 24.3 Å². The minimum absolute atomic E-state index is 0.154. The van der Waals surface area contributed by atoms with E-state index in [2.05, 4.69) is 10.5 Å². The van der Waals surface area contributed by atoms with Crippen LogP contribution in [0.25, 0.3) is 0 Å². The van der Waals surface area contributed by atoms with Gasteiger partial charge in [0.15, 0.2) is 5.84 Å². The molecule has 4 nitrogen and oxygen atoms in total. The summed E-state index contributed by atoms with van der Waals surface area (Å²) >= 11 is 0. The van der Waals surface area contributed by atoms with Gasteiger partial charge < -0.3 is 16.3 Å². The molecule has 2 rings (SSSR count). The SMILES string of the molecule is NC(=NO)c1ccc(CNCC2CCCCC2)cc1. The van der Waals surface area contributed by atoms with Crippen LogP contribution in [0.1, 0.15) is 43.2 Å². The predicted octanol–water partition coefficient (Wildman–Crippen LogP) is 2.45. The van der Waals surface area contributed by atoms with Crippen LogP contribution in [-0.2, 0) is 6.54 Å². The molecule has 1 aliphatic rings. The molecule has 104 valence electrons. The van der Waals surface area contributed by atoms with Crippen molar-refractivity contribution in [3.63, 3.8) is 0 Å². The second kappa shape index (κ2) is 7.14. The van der Waals surface area contributed by atoms with Gasteiger partial charge in [0.05, 0.1) is 0 Å². The number of nitrogens with two attached hydrogens (primary N) is 1. The predicted molar refractivity (Wildman–Crippen MR) is 77.2 cm³/mol. The summed E-state index contributed by atoms with van der Waals surface area (Å²) in [6, 6.07) is 7.79. The largest absolute Gasteiger partial charge is 0.409 e. The molecule has 0 spiro atoms. The molecule has 0 radical (unpaired) electrons. The number of nitrogens with one attached hydrogen (secondary N) is 1. The number of benzene rings is 1. The number of oxime groups is 1.